The number of carboxylic acids is 1. The Morgan fingerprint density at radius 3 is 2.52 bits per heavy atom. The fraction of sp³-hybridized carbons (Fsp3) is 0.435. The average Bonchev–Trinajstić information content (AvgIpc) is 2.63. The average molecular weight is 470 g/mol. The van der Waals surface area contributed by atoms with Gasteiger partial charge in [-0.3, -0.25) is 4.79 Å². The molecule has 1 fully saturated rings. The Kier molecular flexibility index (Phi) is 5.66. The highest BCUT2D eigenvalue weighted by atomic mass is 19.4. The van der Waals surface area contributed by atoms with Gasteiger partial charge in [0, 0.05) is 24.3 Å². The molecule has 2 aliphatic rings. The third-order valence-corrected chi connectivity index (χ3v) is 5.79. The number of carbonyl (C=O) groups is 1. The van der Waals surface area contributed by atoms with E-state index in [1.807, 2.05) is 0 Å². The summed E-state index contributed by atoms with van der Waals surface area (Å²) in [4.78, 5) is 14.3. The third kappa shape index (κ3) is 4.69. The molecule has 0 unspecified atom stereocenters. The van der Waals surface area contributed by atoms with E-state index < -0.39 is 42.2 Å². The van der Waals surface area contributed by atoms with Gasteiger partial charge in [-0.05, 0) is 43.7 Å². The van der Waals surface area contributed by atoms with Crippen LogP contribution in [0.5, 0.6) is 5.75 Å². The van der Waals surface area contributed by atoms with E-state index in [0.29, 0.717) is 11.3 Å². The number of hydrogen-bond donors (Lipinski definition) is 1. The minimum Gasteiger partial charge on any atom is -0.484 e. The predicted octanol–water partition coefficient (Wildman–Crippen LogP) is 5.14. The lowest BCUT2D eigenvalue weighted by atomic mass is 9.94. The summed E-state index contributed by atoms with van der Waals surface area (Å²) in [6.07, 6.45) is -7.35. The molecule has 0 aromatic heterocycles. The van der Waals surface area contributed by atoms with Gasteiger partial charge in [-0.25, -0.2) is 8.78 Å². The molecule has 1 saturated heterocycles. The van der Waals surface area contributed by atoms with Crippen molar-refractivity contribution in [2.45, 2.75) is 32.1 Å². The van der Waals surface area contributed by atoms with Crippen LogP contribution in [-0.2, 0) is 11.0 Å². The van der Waals surface area contributed by atoms with Crippen LogP contribution < -0.4 is 14.5 Å². The summed E-state index contributed by atoms with van der Waals surface area (Å²) in [6.45, 7) is 3.27. The van der Waals surface area contributed by atoms with Crippen LogP contribution in [0.15, 0.2) is 36.4 Å². The van der Waals surface area contributed by atoms with Crippen molar-refractivity contribution in [1.82, 2.24) is 0 Å². The predicted molar refractivity (Wildman–Crippen MR) is 113 cm³/mol. The molecule has 0 spiro atoms. The van der Waals surface area contributed by atoms with Crippen molar-refractivity contribution >= 4 is 17.3 Å². The van der Waals surface area contributed by atoms with E-state index in [0.717, 1.165) is 12.1 Å². The maximum Gasteiger partial charge on any atom is 0.416 e. The van der Waals surface area contributed by atoms with Gasteiger partial charge in [-0.2, -0.15) is 13.2 Å². The van der Waals surface area contributed by atoms with Crippen molar-refractivity contribution in [2.24, 2.45) is 5.92 Å². The molecular weight excluding hydrogens is 447 g/mol. The number of halogens is 5. The molecule has 10 heteroatoms. The summed E-state index contributed by atoms with van der Waals surface area (Å²) in [5, 5.41) is 9.10. The van der Waals surface area contributed by atoms with Gasteiger partial charge in [-0.1, -0.05) is 12.1 Å². The van der Waals surface area contributed by atoms with Crippen molar-refractivity contribution in [1.29, 1.82) is 0 Å². The number of anilines is 2. The van der Waals surface area contributed by atoms with E-state index in [2.05, 4.69) is 0 Å². The first kappa shape index (κ1) is 23.1. The van der Waals surface area contributed by atoms with Crippen molar-refractivity contribution in [2.75, 3.05) is 36.0 Å². The maximum atomic E-state index is 13.7. The van der Waals surface area contributed by atoms with Crippen LogP contribution in [0.4, 0.5) is 33.3 Å². The van der Waals surface area contributed by atoms with E-state index in [4.69, 9.17) is 9.84 Å². The summed E-state index contributed by atoms with van der Waals surface area (Å²) < 4.78 is 73.6. The van der Waals surface area contributed by atoms with Crippen LogP contribution >= 0.6 is 0 Å². The van der Waals surface area contributed by atoms with Gasteiger partial charge in [0.05, 0.1) is 30.3 Å². The van der Waals surface area contributed by atoms with Gasteiger partial charge >= 0.3 is 12.1 Å². The zero-order chi connectivity index (χ0) is 24.1. The van der Waals surface area contributed by atoms with E-state index in [9.17, 15) is 26.7 Å². The monoisotopic (exact) mass is 470 g/mol. The van der Waals surface area contributed by atoms with Gasteiger partial charge < -0.3 is 19.6 Å². The van der Waals surface area contributed by atoms with Gasteiger partial charge in [0.25, 0.3) is 6.43 Å². The minimum atomic E-state index is -4.66. The van der Waals surface area contributed by atoms with E-state index in [-0.39, 0.29) is 36.6 Å². The smallest absolute Gasteiger partial charge is 0.416 e. The lowest BCUT2D eigenvalue weighted by Gasteiger charge is -2.42. The van der Waals surface area contributed by atoms with Crippen molar-refractivity contribution in [3.63, 3.8) is 0 Å². The Balaban J connectivity index is 1.83. The molecule has 2 aromatic carbocycles. The van der Waals surface area contributed by atoms with Crippen LogP contribution in [-0.4, -0.2) is 49.3 Å². The highest BCUT2D eigenvalue weighted by Gasteiger charge is 2.39. The summed E-state index contributed by atoms with van der Waals surface area (Å²) in [5.74, 6) is -1.51. The van der Waals surface area contributed by atoms with Crippen molar-refractivity contribution < 1.29 is 36.6 Å². The lowest BCUT2D eigenvalue weighted by Crippen LogP contribution is -2.50. The molecule has 2 aliphatic heterocycles. The summed E-state index contributed by atoms with van der Waals surface area (Å²) in [5.41, 5.74) is -0.537. The Morgan fingerprint density at radius 2 is 1.91 bits per heavy atom. The molecule has 4 rings (SSSR count). The van der Waals surface area contributed by atoms with E-state index in [1.165, 1.54) is 4.90 Å². The second-order valence-corrected chi connectivity index (χ2v) is 8.99. The number of benzene rings is 2. The summed E-state index contributed by atoms with van der Waals surface area (Å²) in [7, 11) is 0. The maximum absolute atomic E-state index is 13.7. The zero-order valence-corrected chi connectivity index (χ0v) is 18.0. The molecule has 2 aromatic rings. The third-order valence-electron chi connectivity index (χ3n) is 5.79. The van der Waals surface area contributed by atoms with Gasteiger partial charge in [0.2, 0.25) is 0 Å². The molecule has 0 bridgehead atoms. The topological polar surface area (TPSA) is 53.0 Å². The quantitative estimate of drug-likeness (QED) is 0.614. The van der Waals surface area contributed by atoms with Gasteiger partial charge in [0.15, 0.2) is 0 Å². The van der Waals surface area contributed by atoms with Gasteiger partial charge in [0.1, 0.15) is 11.4 Å². The molecule has 0 saturated carbocycles. The fourth-order valence-electron chi connectivity index (χ4n) is 4.30. The highest BCUT2D eigenvalue weighted by molar-refractivity contribution is 5.86. The van der Waals surface area contributed by atoms with Crippen molar-refractivity contribution in [3.8, 4) is 16.9 Å². The van der Waals surface area contributed by atoms with Crippen LogP contribution in [0.1, 0.15) is 19.4 Å². The minimum absolute atomic E-state index is 0.0782. The molecule has 0 atom stereocenters. The molecule has 0 amide bonds. The SMILES string of the molecule is CC1(C)CN(CC(F)F)c2c(cc(C(F)(F)F)cc2-c2cccc(N3CC(C(=O)O)C3)c2)O1. The second-order valence-electron chi connectivity index (χ2n) is 8.99. The number of rotatable bonds is 5. The molecule has 0 aliphatic carbocycles. The van der Waals surface area contributed by atoms with Crippen LogP contribution in [0.25, 0.3) is 11.1 Å². The van der Waals surface area contributed by atoms with Crippen molar-refractivity contribution in [3.05, 3.63) is 42.0 Å². The fourth-order valence-corrected chi connectivity index (χ4v) is 4.30. The molecule has 33 heavy (non-hydrogen) atoms. The summed E-state index contributed by atoms with van der Waals surface area (Å²) >= 11 is 0. The standard InChI is InChI=1S/C23H23F5N2O3/c1-22(2)12-30(11-19(24)25)20-17(7-15(23(26,27)28)8-18(20)33-22)13-4-3-5-16(6-13)29-9-14(10-29)21(31)32/h3-8,14,19H,9-12H2,1-2H3,(H,31,32). The lowest BCUT2D eigenvalue weighted by molar-refractivity contribution is -0.142. The number of carboxylic acid groups (broad SMARTS) is 1. The number of fused-ring (bicyclic) bond motifs is 1. The van der Waals surface area contributed by atoms with Gasteiger partial charge in [-0.15, -0.1) is 0 Å². The first-order chi connectivity index (χ1) is 15.3. The van der Waals surface area contributed by atoms with Crippen LogP contribution in [0.2, 0.25) is 0 Å². The van der Waals surface area contributed by atoms with Crippen LogP contribution in [0.3, 0.4) is 0 Å². The number of hydrogen-bond acceptors (Lipinski definition) is 4. The zero-order valence-electron chi connectivity index (χ0n) is 18.0. The second kappa shape index (κ2) is 8.07. The molecule has 178 valence electrons. The molecule has 2 heterocycles. The largest absolute Gasteiger partial charge is 0.484 e. The Morgan fingerprint density at radius 1 is 1.21 bits per heavy atom. The molecule has 0 radical (unpaired) electrons. The number of aliphatic carboxylic acids is 1. The highest BCUT2D eigenvalue weighted by Crippen LogP contribution is 2.48. The van der Waals surface area contributed by atoms with E-state index in [1.54, 1.807) is 43.0 Å². The molecular formula is C23H23F5N2O3. The van der Waals surface area contributed by atoms with Crippen LogP contribution in [0, 0.1) is 5.92 Å². The molecule has 1 N–H and O–H groups in total. The van der Waals surface area contributed by atoms with E-state index >= 15 is 0 Å². The molecule has 5 nitrogen and oxygen atoms in total. The number of alkyl halides is 5. The number of nitrogens with zero attached hydrogens (tertiary/aromatic N) is 2. The first-order valence-corrected chi connectivity index (χ1v) is 10.4. The Hall–Kier alpha value is -3.04. The normalized spacial score (nSPS) is 18.1. The number of ether oxygens (including phenoxy) is 1. The first-order valence-electron chi connectivity index (χ1n) is 10.4. The Labute approximate surface area is 187 Å². The Bertz CT molecular complexity index is 1060. The summed E-state index contributed by atoms with van der Waals surface area (Å²) in [6, 6.07) is 8.44.